The molecule has 0 bridgehead atoms. The maximum atomic E-state index is 12.1. The monoisotopic (exact) mass is 325 g/mol. The molecule has 3 N–H and O–H groups in total. The third kappa shape index (κ3) is 3.64. The molecule has 3 amide bonds. The lowest BCUT2D eigenvalue weighted by molar-refractivity contribution is -0.140. The van der Waals surface area contributed by atoms with Gasteiger partial charge in [-0.3, -0.25) is 19.3 Å². The molecule has 1 aromatic rings. The molecule has 1 saturated heterocycles. The smallest absolute Gasteiger partial charge is 0.252 e. The lowest BCUT2D eigenvalue weighted by Crippen LogP contribution is -2.43. The molecule has 0 aromatic heterocycles. The minimum atomic E-state index is -0.776. The molecule has 1 heterocycles. The molecule has 0 aliphatic carbocycles. The zero-order chi connectivity index (χ0) is 15.6. The number of nitrogens with zero attached hydrogens (tertiary/aromatic N) is 1. The fraction of sp³-hybridized carbons (Fsp3) is 0.400. The summed E-state index contributed by atoms with van der Waals surface area (Å²) >= 11 is 0. The van der Waals surface area contributed by atoms with E-state index in [1.54, 1.807) is 38.1 Å². The van der Waals surface area contributed by atoms with Gasteiger partial charge in [0.25, 0.3) is 11.8 Å². The molecule has 0 radical (unpaired) electrons. The van der Waals surface area contributed by atoms with Crippen LogP contribution in [0, 0.1) is 0 Å². The molecule has 1 fully saturated rings. The third-order valence-electron chi connectivity index (χ3n) is 3.46. The summed E-state index contributed by atoms with van der Waals surface area (Å²) in [5.74, 6) is -0.962. The third-order valence-corrected chi connectivity index (χ3v) is 3.46. The second-order valence-corrected chi connectivity index (χ2v) is 5.33. The molecular weight excluding hydrogens is 306 g/mol. The Labute approximate surface area is 135 Å². The lowest BCUT2D eigenvalue weighted by atomic mass is 10.1. The molecule has 1 aliphatic rings. The summed E-state index contributed by atoms with van der Waals surface area (Å²) in [7, 11) is 0. The summed E-state index contributed by atoms with van der Waals surface area (Å²) in [5.41, 5.74) is 6.86. The summed E-state index contributed by atoms with van der Waals surface area (Å²) < 4.78 is 0. The van der Waals surface area contributed by atoms with Crippen molar-refractivity contribution in [2.45, 2.75) is 38.9 Å². The van der Waals surface area contributed by atoms with E-state index in [9.17, 15) is 14.4 Å². The molecule has 1 aliphatic heterocycles. The fourth-order valence-electron chi connectivity index (χ4n) is 2.34. The highest BCUT2D eigenvalue weighted by atomic mass is 35.5. The van der Waals surface area contributed by atoms with Gasteiger partial charge in [-0.05, 0) is 31.5 Å². The van der Waals surface area contributed by atoms with Crippen molar-refractivity contribution in [2.24, 2.45) is 5.73 Å². The maximum absolute atomic E-state index is 12.1. The van der Waals surface area contributed by atoms with Crippen LogP contribution >= 0.6 is 12.4 Å². The molecule has 6 nitrogen and oxygen atoms in total. The minimum absolute atomic E-state index is 0. The van der Waals surface area contributed by atoms with Gasteiger partial charge in [-0.2, -0.15) is 0 Å². The summed E-state index contributed by atoms with van der Waals surface area (Å²) in [5, 5.41) is 2.62. The van der Waals surface area contributed by atoms with Crippen molar-refractivity contribution in [2.75, 3.05) is 0 Å². The van der Waals surface area contributed by atoms with Gasteiger partial charge in [-0.25, -0.2) is 0 Å². The van der Waals surface area contributed by atoms with Crippen LogP contribution in [-0.2, 0) is 16.1 Å². The van der Waals surface area contributed by atoms with Gasteiger partial charge < -0.3 is 11.1 Å². The van der Waals surface area contributed by atoms with E-state index in [2.05, 4.69) is 5.32 Å². The van der Waals surface area contributed by atoms with Gasteiger partial charge in [-0.1, -0.05) is 12.1 Å². The van der Waals surface area contributed by atoms with E-state index in [1.165, 1.54) is 4.90 Å². The normalized spacial score (nSPS) is 17.6. The van der Waals surface area contributed by atoms with Crippen LogP contribution < -0.4 is 11.1 Å². The number of nitrogens with one attached hydrogen (secondary N) is 1. The number of hydrogen-bond acceptors (Lipinski definition) is 4. The lowest BCUT2D eigenvalue weighted by Gasteiger charge is -2.19. The first-order valence-electron chi connectivity index (χ1n) is 6.89. The van der Waals surface area contributed by atoms with Crippen molar-refractivity contribution in [1.29, 1.82) is 0 Å². The second-order valence-electron chi connectivity index (χ2n) is 5.33. The van der Waals surface area contributed by atoms with Gasteiger partial charge in [0, 0.05) is 18.2 Å². The molecule has 7 heteroatoms. The Balaban J connectivity index is 0.00000242. The first kappa shape index (κ1) is 18.1. The van der Waals surface area contributed by atoms with Crippen LogP contribution in [0.25, 0.3) is 0 Å². The standard InChI is InChI=1S/C15H19N3O3.ClH/c1-9(2)18-13(19)7-12(15(18)21)17-14(20)11-5-3-10(8-16)4-6-11;/h3-6,9,12H,7-8,16H2,1-2H3,(H,17,20);1H. The Bertz CT molecular complexity index is 572. The van der Waals surface area contributed by atoms with Crippen LogP contribution in [0.15, 0.2) is 24.3 Å². The number of hydrogen-bond donors (Lipinski definition) is 2. The van der Waals surface area contributed by atoms with E-state index in [0.29, 0.717) is 12.1 Å². The highest BCUT2D eigenvalue weighted by Gasteiger charge is 2.40. The van der Waals surface area contributed by atoms with Crippen LogP contribution in [-0.4, -0.2) is 34.7 Å². The van der Waals surface area contributed by atoms with Crippen molar-refractivity contribution in [3.05, 3.63) is 35.4 Å². The summed E-state index contributed by atoms with van der Waals surface area (Å²) in [6.45, 7) is 3.94. The number of halogens is 1. The molecule has 2 rings (SSSR count). The van der Waals surface area contributed by atoms with E-state index in [0.717, 1.165) is 5.56 Å². The van der Waals surface area contributed by atoms with Gasteiger partial charge >= 0.3 is 0 Å². The SMILES string of the molecule is CC(C)N1C(=O)CC(NC(=O)c2ccc(CN)cc2)C1=O.Cl. The Hall–Kier alpha value is -1.92. The molecule has 0 spiro atoms. The van der Waals surface area contributed by atoms with Crippen molar-refractivity contribution < 1.29 is 14.4 Å². The Morgan fingerprint density at radius 2 is 1.91 bits per heavy atom. The average Bonchev–Trinajstić information content (AvgIpc) is 2.73. The molecule has 1 aromatic carbocycles. The predicted octanol–water partition coefficient (Wildman–Crippen LogP) is 0.833. The van der Waals surface area contributed by atoms with Crippen LogP contribution in [0.4, 0.5) is 0 Å². The molecule has 1 unspecified atom stereocenters. The minimum Gasteiger partial charge on any atom is -0.340 e. The number of nitrogens with two attached hydrogens (primary N) is 1. The quantitative estimate of drug-likeness (QED) is 0.802. The van der Waals surface area contributed by atoms with Crippen molar-refractivity contribution in [3.63, 3.8) is 0 Å². The number of amides is 3. The highest BCUT2D eigenvalue weighted by molar-refractivity contribution is 6.08. The van der Waals surface area contributed by atoms with Gasteiger partial charge in [-0.15, -0.1) is 12.4 Å². The molecule has 120 valence electrons. The van der Waals surface area contributed by atoms with Crippen molar-refractivity contribution in [1.82, 2.24) is 10.2 Å². The fourth-order valence-corrected chi connectivity index (χ4v) is 2.34. The summed E-state index contributed by atoms with van der Waals surface area (Å²) in [4.78, 5) is 37.2. The Morgan fingerprint density at radius 3 is 2.36 bits per heavy atom. The largest absolute Gasteiger partial charge is 0.340 e. The number of likely N-dealkylation sites (tertiary alicyclic amines) is 1. The van der Waals surface area contributed by atoms with Crippen molar-refractivity contribution in [3.8, 4) is 0 Å². The number of carbonyl (C=O) groups is 3. The molecule has 1 atom stereocenters. The number of imide groups is 1. The van der Waals surface area contributed by atoms with E-state index < -0.39 is 6.04 Å². The summed E-state index contributed by atoms with van der Waals surface area (Å²) in [6, 6.07) is 5.85. The van der Waals surface area contributed by atoms with E-state index in [4.69, 9.17) is 5.73 Å². The zero-order valence-corrected chi connectivity index (χ0v) is 13.4. The van der Waals surface area contributed by atoms with E-state index in [-0.39, 0.29) is 42.6 Å². The van der Waals surface area contributed by atoms with E-state index >= 15 is 0 Å². The number of benzene rings is 1. The van der Waals surface area contributed by atoms with Crippen LogP contribution in [0.2, 0.25) is 0 Å². The van der Waals surface area contributed by atoms with Crippen LogP contribution in [0.5, 0.6) is 0 Å². The number of rotatable bonds is 4. The predicted molar refractivity (Wildman–Crippen MR) is 84.4 cm³/mol. The first-order chi connectivity index (χ1) is 9.93. The number of carbonyl (C=O) groups excluding carboxylic acids is 3. The van der Waals surface area contributed by atoms with Crippen LogP contribution in [0.1, 0.15) is 36.2 Å². The van der Waals surface area contributed by atoms with Gasteiger partial charge in [0.05, 0.1) is 6.42 Å². The zero-order valence-electron chi connectivity index (χ0n) is 12.5. The second kappa shape index (κ2) is 7.38. The van der Waals surface area contributed by atoms with Crippen LogP contribution in [0.3, 0.4) is 0 Å². The topological polar surface area (TPSA) is 92.5 Å². The Morgan fingerprint density at radius 1 is 1.32 bits per heavy atom. The molecule has 22 heavy (non-hydrogen) atoms. The molecular formula is C15H20ClN3O3. The van der Waals surface area contributed by atoms with Crippen molar-refractivity contribution >= 4 is 30.1 Å². The van der Waals surface area contributed by atoms with Gasteiger partial charge in [0.2, 0.25) is 5.91 Å². The molecule has 0 saturated carbocycles. The van der Waals surface area contributed by atoms with Gasteiger partial charge in [0.15, 0.2) is 0 Å². The van der Waals surface area contributed by atoms with Gasteiger partial charge in [0.1, 0.15) is 6.04 Å². The average molecular weight is 326 g/mol. The first-order valence-corrected chi connectivity index (χ1v) is 6.89. The van der Waals surface area contributed by atoms with E-state index in [1.807, 2.05) is 0 Å². The highest BCUT2D eigenvalue weighted by Crippen LogP contribution is 2.16. The Kier molecular flexibility index (Phi) is 6.08. The summed E-state index contributed by atoms with van der Waals surface area (Å²) in [6.07, 6.45) is 0.0175. The maximum Gasteiger partial charge on any atom is 0.252 e.